The first-order valence-electron chi connectivity index (χ1n) is 2.05. The first kappa shape index (κ1) is 32.5. The minimum Gasteiger partial charge on any atom is 0 e. The van der Waals surface area contributed by atoms with E-state index in [0.717, 1.165) is 0 Å². The van der Waals surface area contributed by atoms with Gasteiger partial charge in [0.15, 0.2) is 0 Å². The molecule has 0 aliphatic heterocycles. The van der Waals surface area contributed by atoms with E-state index in [2.05, 4.69) is 144 Å². The van der Waals surface area contributed by atoms with Gasteiger partial charge >= 0.3 is 114 Å². The summed E-state index contributed by atoms with van der Waals surface area (Å²) >= 11 is 16.4. The van der Waals surface area contributed by atoms with Gasteiger partial charge in [-0.3, -0.25) is 0 Å². The van der Waals surface area contributed by atoms with Gasteiger partial charge in [0.05, 0.1) is 0 Å². The molecule has 1 nitrogen and oxygen atoms in total. The number of hydrogen-bond donors (Lipinski definition) is 0. The van der Waals surface area contributed by atoms with Gasteiger partial charge in [0, 0.05) is 58.3 Å². The number of ketones is 1. The predicted octanol–water partition coefficient (Wildman–Crippen LogP) is 6.60. The molecule has 0 aliphatic carbocycles. The molecule has 0 rings (SSSR count). The summed E-state index contributed by atoms with van der Waals surface area (Å²) in [6.45, 7) is 4.42. The maximum Gasteiger partial charge on any atom is 0 e. The summed E-state index contributed by atoms with van der Waals surface area (Å²) in [4.78, 5) is 9.06. The first-order valence-corrected chi connectivity index (χ1v) is 30.9. The Labute approximate surface area is 191 Å². The first-order chi connectivity index (χ1) is 5.88. The number of rotatable bonds is 0. The van der Waals surface area contributed by atoms with Gasteiger partial charge in [-0.15, -0.1) is 0 Å². The normalized spacial score (nSPS) is 5.79. The van der Waals surface area contributed by atoms with Gasteiger partial charge in [0.25, 0.3) is 0 Å². The average Bonchev–Trinajstić information content (AvgIpc) is 1.89. The molecule has 0 amide bonds. The van der Waals surface area contributed by atoms with Crippen molar-refractivity contribution in [3.8, 4) is 0 Å². The monoisotopic (exact) mass is 1230 g/mol. The Morgan fingerprint density at radius 3 is 1.21 bits per heavy atom. The molecule has 14 heavy (non-hydrogen) atoms. The molecule has 0 aromatic rings. The van der Waals surface area contributed by atoms with E-state index in [1.807, 2.05) is 0 Å². The smallest absolute Gasteiger partial charge is 0 e. The molecule has 0 atom stereocenters. The molecule has 0 fully saturated rings. The largest absolute Gasteiger partial charge is 0 e. The fourth-order valence-corrected chi connectivity index (χ4v) is 0. The predicted molar refractivity (Wildman–Crippen MR) is 114 cm³/mol. The number of carbonyl (C=O) groups is 1. The van der Waals surface area contributed by atoms with E-state index < -0.39 is 0 Å². The zero-order chi connectivity index (χ0) is 11.9. The Morgan fingerprint density at radius 1 is 1.21 bits per heavy atom. The Balaban J connectivity index is -0.0000000260. The molecule has 0 spiro atoms. The molecule has 0 aromatic heterocycles. The summed E-state index contributed by atoms with van der Waals surface area (Å²) in [6.07, 6.45) is 0. The number of halogens is 7. The molecule has 0 N–H and O–H groups in total. The van der Waals surface area contributed by atoms with Crippen LogP contribution in [0.4, 0.5) is 0 Å². The molecule has 0 heterocycles. The maximum absolute atomic E-state index is 9.33. The summed E-state index contributed by atoms with van der Waals surface area (Å²) < 4.78 is 0. The summed E-state index contributed by atoms with van der Waals surface area (Å²) in [5.74, 6) is -0.0833. The van der Waals surface area contributed by atoms with E-state index >= 15 is 0 Å². The fraction of sp³-hybridized carbons (Fsp3) is 0.333. The fourth-order valence-electron chi connectivity index (χ4n) is 0. The van der Waals surface area contributed by atoms with E-state index in [0.29, 0.717) is 9.47 Å². The average molecular weight is 1230 g/mol. The van der Waals surface area contributed by atoms with Crippen molar-refractivity contribution in [3.63, 3.8) is 0 Å². The minimum atomic E-state index is -0.278. The molecule has 11 heteroatoms. The minimum absolute atomic E-state index is 0. The molecule has 0 radical (unpaired) electrons. The summed E-state index contributed by atoms with van der Waals surface area (Å²) in [6, 6.07) is 0. The maximum atomic E-state index is 9.33. The van der Waals surface area contributed by atoms with E-state index in [1.165, 1.54) is 6.92 Å². The third-order valence-corrected chi connectivity index (χ3v) is 0. The third-order valence-electron chi connectivity index (χ3n) is 0. The summed E-state index contributed by atoms with van der Waals surface area (Å²) in [5.41, 5.74) is 0. The number of carbonyl (C=O) groups excluding carboxylic acids is 1. The van der Waals surface area contributed by atoms with Crippen molar-refractivity contribution < 1.29 is 40.2 Å². The van der Waals surface area contributed by atoms with Crippen LogP contribution in [0.3, 0.4) is 0 Å². The number of Topliss-reactive ketones (excluding diaryl/α,β-unsaturated/α-hetero) is 1. The zero-order valence-corrected chi connectivity index (χ0v) is 27.4. The van der Waals surface area contributed by atoms with Crippen LogP contribution in [0.25, 0.3) is 0 Å². The SMILES string of the molecule is II.[CH2-]C(C)=O.[I][V]([I])[I].[I][V][I].[W]. The van der Waals surface area contributed by atoms with E-state index in [-0.39, 0.29) is 31.8 Å². The van der Waals surface area contributed by atoms with Crippen LogP contribution in [0.5, 0.6) is 0 Å². The molecule has 0 bridgehead atoms. The molecule has 0 aromatic carbocycles. The van der Waals surface area contributed by atoms with Crippen LogP contribution in [-0.2, 0) is 40.2 Å². The Hall–Kier alpha value is 6.51. The second-order valence-corrected chi connectivity index (χ2v) is 48.1. The Morgan fingerprint density at radius 2 is 1.21 bits per heavy atom. The topological polar surface area (TPSA) is 17.1 Å². The summed E-state index contributed by atoms with van der Waals surface area (Å²) in [5, 5.41) is 0. The quantitative estimate of drug-likeness (QED) is 0.198. The van der Waals surface area contributed by atoms with Gasteiger partial charge in [-0.1, -0.05) is 0 Å². The van der Waals surface area contributed by atoms with Crippen LogP contribution < -0.4 is 0 Å². The molecule has 0 unspecified atom stereocenters. The van der Waals surface area contributed by atoms with Gasteiger partial charge in [0.1, 0.15) is 0 Å². The van der Waals surface area contributed by atoms with Crippen molar-refractivity contribution >= 4 is 143 Å². The van der Waals surface area contributed by atoms with E-state index in [1.54, 1.807) is 0 Å². The van der Waals surface area contributed by atoms with Gasteiger partial charge in [-0.2, -0.15) is 0 Å². The molecule has 89 valence electrons. The van der Waals surface area contributed by atoms with Gasteiger partial charge in [0.2, 0.25) is 0 Å². The van der Waals surface area contributed by atoms with Crippen LogP contribution in [0, 0.1) is 6.92 Å². The van der Waals surface area contributed by atoms with Crippen molar-refractivity contribution in [2.45, 2.75) is 6.92 Å². The molecular weight excluding hydrogens is 1230 g/mol. The van der Waals surface area contributed by atoms with Crippen LogP contribution in [0.15, 0.2) is 0 Å². The van der Waals surface area contributed by atoms with Crippen LogP contribution in [0.2, 0.25) is 0 Å². The summed E-state index contributed by atoms with van der Waals surface area (Å²) in [7, 11) is 0.628. The molecule has 0 saturated carbocycles. The Bertz CT molecular complexity index is 80.6. The second kappa shape index (κ2) is 36.6. The van der Waals surface area contributed by atoms with Crippen molar-refractivity contribution in [2.75, 3.05) is 0 Å². The Kier molecular flexibility index (Phi) is 84.9. The van der Waals surface area contributed by atoms with Crippen molar-refractivity contribution in [1.29, 1.82) is 0 Å². The van der Waals surface area contributed by atoms with Crippen LogP contribution in [0.1, 0.15) is 6.92 Å². The van der Waals surface area contributed by atoms with Gasteiger partial charge in [-0.05, 0) is 12.7 Å². The van der Waals surface area contributed by atoms with Crippen LogP contribution >= 0.6 is 137 Å². The zero-order valence-electron chi connectivity index (χ0n) is 6.56. The van der Waals surface area contributed by atoms with Crippen molar-refractivity contribution in [1.82, 2.24) is 0 Å². The number of hydrogen-bond acceptors (Lipinski definition) is 1. The molecular formula is C3H5I7OV2W-. The molecule has 0 aliphatic rings. The second-order valence-electron chi connectivity index (χ2n) is 0.958. The van der Waals surface area contributed by atoms with Crippen LogP contribution in [-0.4, -0.2) is 5.78 Å². The van der Waals surface area contributed by atoms with E-state index in [4.69, 9.17) is 0 Å². The standard InChI is InChI=1S/C3H5O.I2.5HI.2V.W/c1-3(2)4;1-2;;;;;;;;/h1H2,2H3;;5*1H;;;/q-1;;;;;;;+2;+3;/p-5. The van der Waals surface area contributed by atoms with Crippen molar-refractivity contribution in [3.05, 3.63) is 6.92 Å². The van der Waals surface area contributed by atoms with Crippen molar-refractivity contribution in [2.24, 2.45) is 0 Å². The molecule has 0 saturated heterocycles. The van der Waals surface area contributed by atoms with E-state index in [9.17, 15) is 4.79 Å². The van der Waals surface area contributed by atoms with Gasteiger partial charge in [-0.25, -0.2) is 0 Å². The third kappa shape index (κ3) is 134. The van der Waals surface area contributed by atoms with Gasteiger partial charge < -0.3 is 11.7 Å².